The molecule has 0 unspecified atom stereocenters. The molecule has 3 rings (SSSR count). The Morgan fingerprint density at radius 1 is 1.38 bits per heavy atom. The van der Waals surface area contributed by atoms with E-state index >= 15 is 0 Å². The number of phenols is 1. The molecule has 1 aromatic heterocycles. The molecule has 126 valence electrons. The van der Waals surface area contributed by atoms with Crippen molar-refractivity contribution in [1.82, 2.24) is 9.88 Å². The maximum Gasteiger partial charge on any atom is 0.149 e. The van der Waals surface area contributed by atoms with Crippen LogP contribution < -0.4 is 0 Å². The number of aromatic nitrogens is 1. The second-order valence-corrected chi connectivity index (χ2v) is 6.70. The summed E-state index contributed by atoms with van der Waals surface area (Å²) in [4.78, 5) is 6.64. The third-order valence-corrected chi connectivity index (χ3v) is 4.80. The zero-order valence-corrected chi connectivity index (χ0v) is 14.5. The Balaban J connectivity index is 1.88. The van der Waals surface area contributed by atoms with Crippen LogP contribution in [0.15, 0.2) is 30.5 Å². The van der Waals surface area contributed by atoms with E-state index in [9.17, 15) is 9.50 Å². The fourth-order valence-electron chi connectivity index (χ4n) is 2.89. The summed E-state index contributed by atoms with van der Waals surface area (Å²) in [6, 6.07) is 7.05. The summed E-state index contributed by atoms with van der Waals surface area (Å²) in [6.07, 6.45) is 3.96. The van der Waals surface area contributed by atoms with Crippen LogP contribution in [-0.4, -0.2) is 27.6 Å². The number of aromatic hydroxyl groups is 1. The predicted molar refractivity (Wildman–Crippen MR) is 95.6 cm³/mol. The van der Waals surface area contributed by atoms with Gasteiger partial charge in [0.15, 0.2) is 0 Å². The van der Waals surface area contributed by atoms with Gasteiger partial charge in [0, 0.05) is 25.3 Å². The summed E-state index contributed by atoms with van der Waals surface area (Å²) in [7, 11) is 0. The minimum Gasteiger partial charge on any atom is -0.506 e. The van der Waals surface area contributed by atoms with Crippen molar-refractivity contribution in [3.8, 4) is 5.75 Å². The molecule has 0 aliphatic carbocycles. The van der Waals surface area contributed by atoms with Gasteiger partial charge in [-0.25, -0.2) is 4.39 Å². The van der Waals surface area contributed by atoms with Crippen LogP contribution in [0.5, 0.6) is 5.75 Å². The summed E-state index contributed by atoms with van der Waals surface area (Å²) < 4.78 is 14.6. The molecule has 1 aliphatic rings. The lowest BCUT2D eigenvalue weighted by molar-refractivity contribution is 0.203. The molecule has 1 aliphatic heterocycles. The van der Waals surface area contributed by atoms with Crippen molar-refractivity contribution in [3.63, 3.8) is 0 Å². The molecule has 1 N–H and O–H groups in total. The molecule has 0 fully saturated rings. The fraction of sp³-hybridized carbons (Fsp3) is 0.316. The zero-order valence-electron chi connectivity index (χ0n) is 13.8. The Kier molecular flexibility index (Phi) is 4.88. The number of nitrogens with zero attached hydrogens (tertiary/aromatic N) is 2. The van der Waals surface area contributed by atoms with E-state index in [1.165, 1.54) is 12.1 Å². The lowest BCUT2D eigenvalue weighted by Crippen LogP contribution is -2.36. The lowest BCUT2D eigenvalue weighted by Gasteiger charge is -2.31. The molecule has 0 atom stereocenters. The highest BCUT2D eigenvalue weighted by atomic mass is 35.5. The van der Waals surface area contributed by atoms with Crippen LogP contribution in [0.3, 0.4) is 0 Å². The molecule has 0 saturated heterocycles. The molecule has 0 amide bonds. The van der Waals surface area contributed by atoms with Crippen LogP contribution in [-0.2, 0) is 13.0 Å². The van der Waals surface area contributed by atoms with Crippen LogP contribution in [0.25, 0.3) is 11.9 Å². The Morgan fingerprint density at radius 3 is 2.92 bits per heavy atom. The monoisotopic (exact) mass is 346 g/mol. The van der Waals surface area contributed by atoms with Crippen LogP contribution in [0.2, 0.25) is 5.02 Å². The van der Waals surface area contributed by atoms with Gasteiger partial charge in [-0.3, -0.25) is 9.88 Å². The van der Waals surface area contributed by atoms with E-state index in [-0.39, 0.29) is 10.8 Å². The molecule has 24 heavy (non-hydrogen) atoms. The second-order valence-electron chi connectivity index (χ2n) is 6.33. The Labute approximate surface area is 146 Å². The summed E-state index contributed by atoms with van der Waals surface area (Å²) in [5, 5.41) is 9.74. The Hall–Kier alpha value is -1.91. The van der Waals surface area contributed by atoms with Crippen LogP contribution >= 0.6 is 11.6 Å². The van der Waals surface area contributed by atoms with Crippen LogP contribution in [0.1, 0.15) is 36.2 Å². The molecule has 3 nitrogen and oxygen atoms in total. The second kappa shape index (κ2) is 6.91. The van der Waals surface area contributed by atoms with Crippen molar-refractivity contribution >= 4 is 23.5 Å². The molecule has 2 heterocycles. The first-order valence-corrected chi connectivity index (χ1v) is 8.40. The SMILES string of the molecule is CC(C)N1CCc2cc(C(F)=Cc3cccc(O)c3Cl)ncc2C1. The first-order chi connectivity index (χ1) is 11.5. The summed E-state index contributed by atoms with van der Waals surface area (Å²) in [5.74, 6) is -0.526. The average molecular weight is 347 g/mol. The number of phenolic OH excluding ortho intramolecular Hbond substituents is 1. The Bertz CT molecular complexity index is 789. The molecule has 0 spiro atoms. The average Bonchev–Trinajstić information content (AvgIpc) is 2.57. The number of hydrogen-bond donors (Lipinski definition) is 1. The van der Waals surface area contributed by atoms with Gasteiger partial charge in [0.1, 0.15) is 11.6 Å². The lowest BCUT2D eigenvalue weighted by atomic mass is 9.99. The molecule has 0 bridgehead atoms. The van der Waals surface area contributed by atoms with Crippen molar-refractivity contribution in [1.29, 1.82) is 0 Å². The third-order valence-electron chi connectivity index (χ3n) is 4.39. The van der Waals surface area contributed by atoms with Gasteiger partial charge >= 0.3 is 0 Å². The smallest absolute Gasteiger partial charge is 0.149 e. The maximum absolute atomic E-state index is 14.6. The first-order valence-electron chi connectivity index (χ1n) is 8.02. The van der Waals surface area contributed by atoms with Crippen molar-refractivity contribution in [2.75, 3.05) is 6.54 Å². The van der Waals surface area contributed by atoms with Gasteiger partial charge in [0.2, 0.25) is 0 Å². The largest absolute Gasteiger partial charge is 0.506 e. The molecule has 1 aromatic carbocycles. The maximum atomic E-state index is 14.6. The zero-order chi connectivity index (χ0) is 17.3. The van der Waals surface area contributed by atoms with Gasteiger partial charge in [-0.05, 0) is 55.2 Å². The summed E-state index contributed by atoms with van der Waals surface area (Å²) >= 11 is 6.00. The highest BCUT2D eigenvalue weighted by Gasteiger charge is 2.19. The summed E-state index contributed by atoms with van der Waals surface area (Å²) in [6.45, 7) is 6.17. The van der Waals surface area contributed by atoms with E-state index in [0.29, 0.717) is 17.3 Å². The predicted octanol–water partition coefficient (Wildman–Crippen LogP) is 4.67. The van der Waals surface area contributed by atoms with Gasteiger partial charge in [-0.1, -0.05) is 23.7 Å². The standard InChI is InChI=1S/C19H20ClFN2O/c1-12(2)23-7-6-13-9-17(22-10-15(13)11-23)16(21)8-14-4-3-5-18(24)19(14)20/h3-5,8-10,12,24H,6-7,11H2,1-2H3. The minimum absolute atomic E-state index is 0.0645. The van der Waals surface area contributed by atoms with E-state index < -0.39 is 5.83 Å². The van der Waals surface area contributed by atoms with Gasteiger partial charge < -0.3 is 5.11 Å². The fourth-order valence-corrected chi connectivity index (χ4v) is 3.07. The van der Waals surface area contributed by atoms with E-state index in [1.54, 1.807) is 18.3 Å². The van der Waals surface area contributed by atoms with E-state index in [0.717, 1.165) is 30.6 Å². The quantitative estimate of drug-likeness (QED) is 0.877. The van der Waals surface area contributed by atoms with Crippen molar-refractivity contribution in [3.05, 3.63) is 57.9 Å². The normalized spacial score (nSPS) is 15.6. The van der Waals surface area contributed by atoms with E-state index in [4.69, 9.17) is 11.6 Å². The van der Waals surface area contributed by atoms with E-state index in [2.05, 4.69) is 23.7 Å². The number of hydrogen-bond acceptors (Lipinski definition) is 3. The number of fused-ring (bicyclic) bond motifs is 1. The van der Waals surface area contributed by atoms with Crippen molar-refractivity contribution < 1.29 is 9.50 Å². The first kappa shape index (κ1) is 16.9. The van der Waals surface area contributed by atoms with Gasteiger partial charge in [0.05, 0.1) is 10.7 Å². The van der Waals surface area contributed by atoms with Gasteiger partial charge in [-0.15, -0.1) is 0 Å². The topological polar surface area (TPSA) is 36.4 Å². The molecule has 0 radical (unpaired) electrons. The summed E-state index contributed by atoms with van der Waals surface area (Å²) in [5.41, 5.74) is 3.02. The van der Waals surface area contributed by atoms with Crippen molar-refractivity contribution in [2.24, 2.45) is 0 Å². The minimum atomic E-state index is -0.461. The molecular formula is C19H20ClFN2O. The van der Waals surface area contributed by atoms with Gasteiger partial charge in [-0.2, -0.15) is 0 Å². The van der Waals surface area contributed by atoms with E-state index in [1.807, 2.05) is 6.07 Å². The molecule has 0 saturated carbocycles. The van der Waals surface area contributed by atoms with Gasteiger partial charge in [0.25, 0.3) is 0 Å². The number of halogens is 2. The molecular weight excluding hydrogens is 327 g/mol. The Morgan fingerprint density at radius 2 is 2.17 bits per heavy atom. The third kappa shape index (κ3) is 3.45. The number of pyridine rings is 1. The number of benzene rings is 1. The van der Waals surface area contributed by atoms with Crippen molar-refractivity contribution in [2.45, 2.75) is 32.9 Å². The molecule has 2 aromatic rings. The van der Waals surface area contributed by atoms with Crippen LogP contribution in [0.4, 0.5) is 4.39 Å². The number of rotatable bonds is 3. The highest BCUT2D eigenvalue weighted by molar-refractivity contribution is 6.33. The highest BCUT2D eigenvalue weighted by Crippen LogP contribution is 2.30. The molecule has 5 heteroatoms. The van der Waals surface area contributed by atoms with Crippen LogP contribution in [0, 0.1) is 0 Å².